The van der Waals surface area contributed by atoms with E-state index in [1.54, 1.807) is 17.0 Å². The van der Waals surface area contributed by atoms with Crippen molar-refractivity contribution >= 4 is 12.2 Å². The Bertz CT molecular complexity index is 927. The molecule has 2 aromatic rings. The maximum Gasteiger partial charge on any atom is 0.274 e. The van der Waals surface area contributed by atoms with Crippen LogP contribution < -0.4 is 4.74 Å². The lowest BCUT2D eigenvalue weighted by Gasteiger charge is -2.35. The Balaban J connectivity index is 1.77. The van der Waals surface area contributed by atoms with Gasteiger partial charge in [0.25, 0.3) is 5.91 Å². The molecule has 1 saturated heterocycles. The first-order valence-electron chi connectivity index (χ1n) is 9.11. The van der Waals surface area contributed by atoms with Crippen LogP contribution >= 0.6 is 0 Å². The summed E-state index contributed by atoms with van der Waals surface area (Å²) >= 11 is 0. The highest BCUT2D eigenvalue weighted by molar-refractivity contribution is 5.93. The van der Waals surface area contributed by atoms with Gasteiger partial charge in [-0.2, -0.15) is 5.26 Å². The molecule has 9 nitrogen and oxygen atoms in total. The molecule has 0 spiro atoms. The molecule has 1 fully saturated rings. The summed E-state index contributed by atoms with van der Waals surface area (Å²) in [4.78, 5) is 34.3. The van der Waals surface area contributed by atoms with Gasteiger partial charge in [0.15, 0.2) is 6.29 Å². The molecular weight excluding hydrogens is 376 g/mol. The number of aromatic nitrogens is 2. The molecule has 2 heterocycles. The Kier molecular flexibility index (Phi) is 6.71. The molecule has 1 N–H and O–H groups in total. The van der Waals surface area contributed by atoms with E-state index in [1.165, 1.54) is 18.5 Å². The molecule has 0 radical (unpaired) electrons. The predicted octanol–water partition coefficient (Wildman–Crippen LogP) is 1.37. The number of hydrogen-bond donors (Lipinski definition) is 1. The Morgan fingerprint density at radius 2 is 2.24 bits per heavy atom. The van der Waals surface area contributed by atoms with Gasteiger partial charge in [0.1, 0.15) is 23.8 Å². The van der Waals surface area contributed by atoms with Gasteiger partial charge in [0.05, 0.1) is 36.6 Å². The minimum absolute atomic E-state index is 0.0508. The van der Waals surface area contributed by atoms with E-state index in [0.717, 1.165) is 0 Å². The monoisotopic (exact) mass is 396 g/mol. The van der Waals surface area contributed by atoms with Crippen LogP contribution in [0.2, 0.25) is 0 Å². The molecule has 3 rings (SSSR count). The van der Waals surface area contributed by atoms with Crippen LogP contribution in [0.4, 0.5) is 0 Å². The lowest BCUT2D eigenvalue weighted by molar-refractivity contribution is -0.0154. The van der Waals surface area contributed by atoms with Crippen molar-refractivity contribution in [2.75, 3.05) is 26.4 Å². The van der Waals surface area contributed by atoms with E-state index in [4.69, 9.17) is 14.7 Å². The van der Waals surface area contributed by atoms with E-state index < -0.39 is 6.04 Å². The summed E-state index contributed by atoms with van der Waals surface area (Å²) < 4.78 is 11.2. The third-order valence-electron chi connectivity index (χ3n) is 4.53. The van der Waals surface area contributed by atoms with Crippen molar-refractivity contribution in [3.8, 4) is 17.6 Å². The standard InChI is InChI=1S/C20H20N4O5/c21-6-2-3-16-19(23-8-7-22-16)20(27)24-9-10-28-12-14(24)13-29-18-5-1-4-17(26)15(18)11-25/h1,4-5,7-8,11,14,26H,2-3,9-10,12-13H2. The molecule has 1 aliphatic rings. The molecule has 0 aliphatic carbocycles. The number of phenols is 1. The summed E-state index contributed by atoms with van der Waals surface area (Å²) in [5, 5.41) is 18.6. The number of benzene rings is 1. The number of rotatable bonds is 7. The van der Waals surface area contributed by atoms with E-state index in [2.05, 4.69) is 9.97 Å². The van der Waals surface area contributed by atoms with Crippen LogP contribution in [0.5, 0.6) is 11.5 Å². The Labute approximate surface area is 167 Å². The van der Waals surface area contributed by atoms with E-state index >= 15 is 0 Å². The molecule has 1 amide bonds. The first-order chi connectivity index (χ1) is 14.2. The van der Waals surface area contributed by atoms with Gasteiger partial charge in [-0.15, -0.1) is 0 Å². The van der Waals surface area contributed by atoms with E-state index in [-0.39, 0.29) is 48.3 Å². The number of ether oxygens (including phenoxy) is 2. The zero-order valence-electron chi connectivity index (χ0n) is 15.7. The summed E-state index contributed by atoms with van der Waals surface area (Å²) in [5.74, 6) is -0.256. The maximum absolute atomic E-state index is 13.1. The second-order valence-corrected chi connectivity index (χ2v) is 6.35. The SMILES string of the molecule is N#CCCc1nccnc1C(=O)N1CCOCC1COc1cccc(O)c1C=O. The molecule has 1 aliphatic heterocycles. The van der Waals surface area contributed by atoms with Crippen molar-refractivity contribution in [1.82, 2.24) is 14.9 Å². The Morgan fingerprint density at radius 1 is 1.41 bits per heavy atom. The normalized spacial score (nSPS) is 16.1. The van der Waals surface area contributed by atoms with Crippen molar-refractivity contribution in [3.05, 3.63) is 47.5 Å². The lowest BCUT2D eigenvalue weighted by Crippen LogP contribution is -2.51. The van der Waals surface area contributed by atoms with Crippen LogP contribution in [0.25, 0.3) is 0 Å². The number of aromatic hydroxyl groups is 1. The van der Waals surface area contributed by atoms with Crippen molar-refractivity contribution in [1.29, 1.82) is 5.26 Å². The first kappa shape index (κ1) is 20.2. The second-order valence-electron chi connectivity index (χ2n) is 6.35. The number of aldehydes is 1. The molecule has 0 saturated carbocycles. The number of nitrogens with zero attached hydrogens (tertiary/aromatic N) is 4. The zero-order chi connectivity index (χ0) is 20.6. The number of morpholine rings is 1. The van der Waals surface area contributed by atoms with E-state index in [1.807, 2.05) is 6.07 Å². The average molecular weight is 396 g/mol. The lowest BCUT2D eigenvalue weighted by atomic mass is 10.1. The molecule has 150 valence electrons. The number of aryl methyl sites for hydroxylation is 1. The predicted molar refractivity (Wildman–Crippen MR) is 101 cm³/mol. The zero-order valence-corrected chi connectivity index (χ0v) is 15.7. The highest BCUT2D eigenvalue weighted by Gasteiger charge is 2.31. The minimum atomic E-state index is -0.413. The smallest absolute Gasteiger partial charge is 0.274 e. The number of amides is 1. The van der Waals surface area contributed by atoms with Gasteiger partial charge < -0.3 is 19.5 Å². The third-order valence-corrected chi connectivity index (χ3v) is 4.53. The molecule has 1 aromatic carbocycles. The summed E-state index contributed by atoms with van der Waals surface area (Å²) in [5.41, 5.74) is 0.733. The van der Waals surface area contributed by atoms with Crippen LogP contribution in [0.1, 0.15) is 33.0 Å². The molecular formula is C20H20N4O5. The summed E-state index contributed by atoms with van der Waals surface area (Å²) in [7, 11) is 0. The third kappa shape index (κ3) is 4.67. The number of carbonyl (C=O) groups is 2. The van der Waals surface area contributed by atoms with Crippen LogP contribution in [-0.4, -0.2) is 64.6 Å². The Hall–Kier alpha value is -3.51. The van der Waals surface area contributed by atoms with Gasteiger partial charge in [0, 0.05) is 31.8 Å². The van der Waals surface area contributed by atoms with Gasteiger partial charge >= 0.3 is 0 Å². The summed E-state index contributed by atoms with van der Waals surface area (Å²) in [6.45, 7) is 1.06. The minimum Gasteiger partial charge on any atom is -0.507 e. The summed E-state index contributed by atoms with van der Waals surface area (Å²) in [6.07, 6.45) is 4.03. The maximum atomic E-state index is 13.1. The number of nitriles is 1. The van der Waals surface area contributed by atoms with Crippen molar-refractivity contribution in [3.63, 3.8) is 0 Å². The topological polar surface area (TPSA) is 126 Å². The van der Waals surface area contributed by atoms with E-state index in [9.17, 15) is 14.7 Å². The summed E-state index contributed by atoms with van der Waals surface area (Å²) in [6, 6.07) is 6.17. The fourth-order valence-electron chi connectivity index (χ4n) is 3.06. The molecule has 1 unspecified atom stereocenters. The highest BCUT2D eigenvalue weighted by Crippen LogP contribution is 2.26. The molecule has 9 heteroatoms. The largest absolute Gasteiger partial charge is 0.507 e. The molecule has 1 aromatic heterocycles. The van der Waals surface area contributed by atoms with Crippen molar-refractivity contribution in [2.45, 2.75) is 18.9 Å². The number of phenolic OH excluding ortho intramolecular Hbond substituents is 1. The molecule has 0 bridgehead atoms. The molecule has 29 heavy (non-hydrogen) atoms. The molecule has 1 atom stereocenters. The number of hydrogen-bond acceptors (Lipinski definition) is 8. The quantitative estimate of drug-likeness (QED) is 0.696. The van der Waals surface area contributed by atoms with Crippen molar-refractivity contribution < 1.29 is 24.2 Å². The van der Waals surface area contributed by atoms with Crippen LogP contribution in [0, 0.1) is 11.3 Å². The van der Waals surface area contributed by atoms with Crippen LogP contribution in [-0.2, 0) is 11.2 Å². The van der Waals surface area contributed by atoms with Gasteiger partial charge in [0.2, 0.25) is 0 Å². The van der Waals surface area contributed by atoms with Crippen LogP contribution in [0.15, 0.2) is 30.6 Å². The van der Waals surface area contributed by atoms with Gasteiger partial charge in [-0.05, 0) is 12.1 Å². The second kappa shape index (κ2) is 9.61. The van der Waals surface area contributed by atoms with Crippen molar-refractivity contribution in [2.24, 2.45) is 0 Å². The van der Waals surface area contributed by atoms with Gasteiger partial charge in [-0.1, -0.05) is 6.07 Å². The van der Waals surface area contributed by atoms with Gasteiger partial charge in [-0.25, -0.2) is 4.98 Å². The van der Waals surface area contributed by atoms with Crippen LogP contribution in [0.3, 0.4) is 0 Å². The number of carbonyl (C=O) groups excluding carboxylic acids is 2. The fraction of sp³-hybridized carbons (Fsp3) is 0.350. The van der Waals surface area contributed by atoms with Gasteiger partial charge in [-0.3, -0.25) is 14.6 Å². The first-order valence-corrected chi connectivity index (χ1v) is 9.11. The average Bonchev–Trinajstić information content (AvgIpc) is 2.76. The Morgan fingerprint density at radius 3 is 3.03 bits per heavy atom. The highest BCUT2D eigenvalue weighted by atomic mass is 16.5. The fourth-order valence-corrected chi connectivity index (χ4v) is 3.06. The van der Waals surface area contributed by atoms with E-state index in [0.29, 0.717) is 31.6 Å².